The Morgan fingerprint density at radius 3 is 2.12 bits per heavy atom. The third-order valence-corrected chi connectivity index (χ3v) is 3.64. The molecule has 25 heavy (non-hydrogen) atoms. The number of hydrogen-bond acceptors (Lipinski definition) is 4. The van der Waals surface area contributed by atoms with Crippen LogP contribution in [0.3, 0.4) is 0 Å². The van der Waals surface area contributed by atoms with E-state index in [1.165, 1.54) is 0 Å². The second kappa shape index (κ2) is 6.24. The molecule has 5 N–H and O–H groups in total. The van der Waals surface area contributed by atoms with Crippen molar-refractivity contribution in [3.05, 3.63) is 49.7 Å². The number of hydrogen-bond donors (Lipinski definition) is 4. The molecule has 0 aliphatic rings. The number of anilines is 1. The fraction of sp³-hybridized carbons (Fsp3) is 0.0714. The van der Waals surface area contributed by atoms with Crippen LogP contribution in [0.25, 0.3) is 11.1 Å². The Bertz CT molecular complexity index is 953. The van der Waals surface area contributed by atoms with Crippen molar-refractivity contribution in [1.29, 1.82) is 0 Å². The van der Waals surface area contributed by atoms with Gasteiger partial charge in [-0.25, -0.2) is 9.59 Å². The summed E-state index contributed by atoms with van der Waals surface area (Å²) in [4.78, 5) is 36.6. The van der Waals surface area contributed by atoms with Crippen LogP contribution in [-0.4, -0.2) is 27.1 Å². The number of benzene rings is 1. The SMILES string of the molecule is Nc1[nH]c(=O)c(C(=O)O)c(-c2cc(Br)cc(C(F)(F)F)c2)c1C(=O)O. The molecule has 0 unspecified atom stereocenters. The zero-order chi connectivity index (χ0) is 19.1. The number of carbonyl (C=O) groups is 2. The van der Waals surface area contributed by atoms with Crippen LogP contribution < -0.4 is 11.3 Å². The van der Waals surface area contributed by atoms with Gasteiger partial charge in [0.05, 0.1) is 5.56 Å². The Labute approximate surface area is 145 Å². The smallest absolute Gasteiger partial charge is 0.416 e. The van der Waals surface area contributed by atoms with Gasteiger partial charge in [0.2, 0.25) is 0 Å². The number of rotatable bonds is 3. The minimum absolute atomic E-state index is 0.0937. The summed E-state index contributed by atoms with van der Waals surface area (Å²) in [6.07, 6.45) is -4.78. The fourth-order valence-electron chi connectivity index (χ4n) is 2.23. The topological polar surface area (TPSA) is 133 Å². The molecule has 2 aromatic rings. The van der Waals surface area contributed by atoms with Gasteiger partial charge in [-0.3, -0.25) is 4.79 Å². The molecule has 1 aromatic carbocycles. The summed E-state index contributed by atoms with van der Waals surface area (Å²) in [5.74, 6) is -4.20. The van der Waals surface area contributed by atoms with E-state index in [0.717, 1.165) is 12.1 Å². The summed E-state index contributed by atoms with van der Waals surface area (Å²) in [5.41, 5.74) is 0.0303. The Kier molecular flexibility index (Phi) is 4.62. The number of pyridine rings is 1. The summed E-state index contributed by atoms with van der Waals surface area (Å²) >= 11 is 2.85. The quantitative estimate of drug-likeness (QED) is 0.603. The summed E-state index contributed by atoms with van der Waals surface area (Å²) in [6.45, 7) is 0. The van der Waals surface area contributed by atoms with Gasteiger partial charge in [0, 0.05) is 10.0 Å². The van der Waals surface area contributed by atoms with E-state index in [1.807, 2.05) is 4.98 Å². The Balaban J connectivity index is 3.01. The predicted octanol–water partition coefficient (Wildman–Crippen LogP) is 2.80. The van der Waals surface area contributed by atoms with Gasteiger partial charge in [0.15, 0.2) is 0 Å². The van der Waals surface area contributed by atoms with Crippen LogP contribution >= 0.6 is 15.9 Å². The number of carboxylic acid groups (broad SMARTS) is 2. The number of halogens is 4. The van der Waals surface area contributed by atoms with Crippen LogP contribution in [0.15, 0.2) is 27.5 Å². The third kappa shape index (κ3) is 3.50. The van der Waals surface area contributed by atoms with Gasteiger partial charge < -0.3 is 20.9 Å². The van der Waals surface area contributed by atoms with Crippen molar-refractivity contribution >= 4 is 33.7 Å². The van der Waals surface area contributed by atoms with Crippen LogP contribution in [0.2, 0.25) is 0 Å². The summed E-state index contributed by atoms with van der Waals surface area (Å²) in [7, 11) is 0. The Morgan fingerprint density at radius 1 is 1.08 bits per heavy atom. The lowest BCUT2D eigenvalue weighted by Gasteiger charge is -2.14. The molecule has 11 heteroatoms. The second-order valence-corrected chi connectivity index (χ2v) is 5.75. The molecule has 0 fully saturated rings. The van der Waals surface area contributed by atoms with Gasteiger partial charge >= 0.3 is 18.1 Å². The summed E-state index contributed by atoms with van der Waals surface area (Å²) in [6, 6.07) is 2.32. The maximum atomic E-state index is 13.0. The number of aromatic carboxylic acids is 2. The minimum atomic E-state index is -4.78. The van der Waals surface area contributed by atoms with Gasteiger partial charge in [-0.15, -0.1) is 0 Å². The molecule has 0 bridgehead atoms. The number of nitrogens with two attached hydrogens (primary N) is 1. The highest BCUT2D eigenvalue weighted by Gasteiger charge is 2.33. The second-order valence-electron chi connectivity index (χ2n) is 4.83. The maximum Gasteiger partial charge on any atom is 0.416 e. The van der Waals surface area contributed by atoms with Crippen LogP contribution in [-0.2, 0) is 6.18 Å². The molecule has 132 valence electrons. The molecule has 0 aliphatic carbocycles. The number of aromatic nitrogens is 1. The van der Waals surface area contributed by atoms with Gasteiger partial charge in [-0.1, -0.05) is 15.9 Å². The van der Waals surface area contributed by atoms with Crippen LogP contribution in [0, 0.1) is 0 Å². The van der Waals surface area contributed by atoms with E-state index in [4.69, 9.17) is 5.73 Å². The van der Waals surface area contributed by atoms with E-state index in [0.29, 0.717) is 6.07 Å². The number of H-pyrrole nitrogens is 1. The highest BCUT2D eigenvalue weighted by molar-refractivity contribution is 9.10. The number of aromatic amines is 1. The highest BCUT2D eigenvalue weighted by Crippen LogP contribution is 2.37. The minimum Gasteiger partial charge on any atom is -0.478 e. The molecule has 1 aromatic heterocycles. The molecule has 0 radical (unpaired) electrons. The number of nitrogens with one attached hydrogen (secondary N) is 1. The lowest BCUT2D eigenvalue weighted by atomic mass is 9.94. The molecule has 0 atom stereocenters. The third-order valence-electron chi connectivity index (χ3n) is 3.19. The van der Waals surface area contributed by atoms with E-state index in [1.54, 1.807) is 0 Å². The molecule has 1 heterocycles. The first-order chi connectivity index (χ1) is 11.4. The monoisotopic (exact) mass is 420 g/mol. The molecular formula is C14H8BrF3N2O5. The lowest BCUT2D eigenvalue weighted by Crippen LogP contribution is -2.24. The van der Waals surface area contributed by atoms with Crippen molar-refractivity contribution in [3.63, 3.8) is 0 Å². The van der Waals surface area contributed by atoms with Gasteiger partial charge in [-0.05, 0) is 23.8 Å². The summed E-state index contributed by atoms with van der Waals surface area (Å²) < 4.78 is 38.9. The average molecular weight is 421 g/mol. The van der Waals surface area contributed by atoms with E-state index in [9.17, 15) is 37.8 Å². The number of alkyl halides is 3. The predicted molar refractivity (Wildman–Crippen MR) is 83.5 cm³/mol. The number of carboxylic acids is 2. The molecule has 0 saturated carbocycles. The van der Waals surface area contributed by atoms with Crippen molar-refractivity contribution in [2.24, 2.45) is 0 Å². The van der Waals surface area contributed by atoms with Crippen LogP contribution in [0.1, 0.15) is 26.3 Å². The molecule has 2 rings (SSSR count). The van der Waals surface area contributed by atoms with Crippen LogP contribution in [0.4, 0.5) is 19.0 Å². The largest absolute Gasteiger partial charge is 0.478 e. The first kappa shape index (κ1) is 18.5. The molecule has 7 nitrogen and oxygen atoms in total. The Hall–Kier alpha value is -2.82. The van der Waals surface area contributed by atoms with Gasteiger partial charge in [-0.2, -0.15) is 13.2 Å². The lowest BCUT2D eigenvalue weighted by molar-refractivity contribution is -0.137. The molecule has 0 saturated heterocycles. The van der Waals surface area contributed by atoms with Crippen LogP contribution in [0.5, 0.6) is 0 Å². The normalized spacial score (nSPS) is 11.4. The van der Waals surface area contributed by atoms with Gasteiger partial charge in [0.25, 0.3) is 5.56 Å². The van der Waals surface area contributed by atoms with Crippen molar-refractivity contribution < 1.29 is 33.0 Å². The molecule has 0 amide bonds. The van der Waals surface area contributed by atoms with E-state index in [-0.39, 0.29) is 4.47 Å². The van der Waals surface area contributed by atoms with E-state index >= 15 is 0 Å². The van der Waals surface area contributed by atoms with Crippen molar-refractivity contribution in [1.82, 2.24) is 4.98 Å². The number of nitrogen functional groups attached to an aromatic ring is 1. The first-order valence-electron chi connectivity index (χ1n) is 6.34. The van der Waals surface area contributed by atoms with Crippen molar-refractivity contribution in [3.8, 4) is 11.1 Å². The molecular weight excluding hydrogens is 413 g/mol. The van der Waals surface area contributed by atoms with Gasteiger partial charge in [0.1, 0.15) is 16.9 Å². The summed E-state index contributed by atoms with van der Waals surface area (Å²) in [5, 5.41) is 18.5. The molecule has 0 aliphatic heterocycles. The zero-order valence-corrected chi connectivity index (χ0v) is 13.5. The average Bonchev–Trinajstić information content (AvgIpc) is 2.43. The van der Waals surface area contributed by atoms with Crippen molar-refractivity contribution in [2.45, 2.75) is 6.18 Å². The fourth-order valence-corrected chi connectivity index (χ4v) is 2.73. The maximum absolute atomic E-state index is 13.0. The highest BCUT2D eigenvalue weighted by atomic mass is 79.9. The first-order valence-corrected chi connectivity index (χ1v) is 7.13. The van der Waals surface area contributed by atoms with Crippen molar-refractivity contribution in [2.75, 3.05) is 5.73 Å². The zero-order valence-electron chi connectivity index (χ0n) is 11.9. The standard InChI is InChI=1S/C14H8BrF3N2O5/c15-6-2-4(1-5(3-6)14(16,17)18)7-8(12(22)23)10(19)20-11(21)9(7)13(24)25/h1-3H,(H,22,23)(H,24,25)(H3,19,20,21). The Morgan fingerprint density at radius 2 is 1.64 bits per heavy atom. The van der Waals surface area contributed by atoms with E-state index < -0.39 is 57.3 Å². The molecule has 0 spiro atoms. The van der Waals surface area contributed by atoms with E-state index in [2.05, 4.69) is 15.9 Å².